The number of hydrogen-bond donors (Lipinski definition) is 0. The molecule has 154 valence electrons. The number of nitrogens with zero attached hydrogens (tertiary/aromatic N) is 5. The van der Waals surface area contributed by atoms with Gasteiger partial charge in [0.05, 0.1) is 0 Å². The van der Waals surface area contributed by atoms with Crippen molar-refractivity contribution in [3.63, 3.8) is 0 Å². The Morgan fingerprint density at radius 2 is 1.90 bits per heavy atom. The van der Waals surface area contributed by atoms with E-state index in [0.717, 1.165) is 5.82 Å². The third-order valence-electron chi connectivity index (χ3n) is 4.49. The maximum Gasteiger partial charge on any atom is 0.387 e. The number of ether oxygens (including phenoxy) is 3. The van der Waals surface area contributed by atoms with Gasteiger partial charge in [0.2, 0.25) is 6.79 Å². The van der Waals surface area contributed by atoms with E-state index in [0.29, 0.717) is 28.5 Å². The Morgan fingerprint density at radius 3 is 2.59 bits per heavy atom. The number of hydrogen-bond acceptors (Lipinski definition) is 7. The van der Waals surface area contributed by atoms with Crippen molar-refractivity contribution in [2.45, 2.75) is 39.3 Å². The minimum Gasteiger partial charge on any atom is -0.454 e. The second-order valence-electron chi connectivity index (χ2n) is 7.78. The second kappa shape index (κ2) is 7.02. The summed E-state index contributed by atoms with van der Waals surface area (Å²) < 4.78 is 42.8. The highest BCUT2D eigenvalue weighted by Crippen LogP contribution is 2.39. The van der Waals surface area contributed by atoms with Crippen LogP contribution in [0.3, 0.4) is 0 Å². The number of anilines is 1. The molecule has 2 aromatic heterocycles. The molecule has 1 aromatic carbocycles. The highest BCUT2D eigenvalue weighted by molar-refractivity contribution is 5.54. The Kier molecular flexibility index (Phi) is 4.64. The van der Waals surface area contributed by atoms with E-state index in [2.05, 4.69) is 20.0 Å². The lowest BCUT2D eigenvalue weighted by Gasteiger charge is -2.21. The van der Waals surface area contributed by atoms with Gasteiger partial charge in [-0.2, -0.15) is 13.3 Å². The average molecular weight is 405 g/mol. The molecule has 29 heavy (non-hydrogen) atoms. The first-order valence-corrected chi connectivity index (χ1v) is 9.04. The molecule has 1 aliphatic heterocycles. The summed E-state index contributed by atoms with van der Waals surface area (Å²) in [6.07, 6.45) is 0. The van der Waals surface area contributed by atoms with Crippen LogP contribution < -0.4 is 19.1 Å². The molecule has 1 aliphatic rings. The fraction of sp³-hybridized carbons (Fsp3) is 0.421. The molecular weight excluding hydrogens is 384 g/mol. The first-order valence-electron chi connectivity index (χ1n) is 9.04. The molecule has 8 nitrogen and oxygen atoms in total. The third kappa shape index (κ3) is 3.74. The van der Waals surface area contributed by atoms with Gasteiger partial charge in [0.15, 0.2) is 23.0 Å². The number of benzene rings is 1. The average Bonchev–Trinajstić information content (AvgIpc) is 3.26. The Bertz CT molecular complexity index is 1050. The summed E-state index contributed by atoms with van der Waals surface area (Å²) in [6, 6.07) is 6.69. The molecule has 0 bridgehead atoms. The van der Waals surface area contributed by atoms with Crippen LogP contribution in [0.4, 0.5) is 14.6 Å². The van der Waals surface area contributed by atoms with Gasteiger partial charge < -0.3 is 19.1 Å². The predicted octanol–water partition coefficient (Wildman–Crippen LogP) is 3.39. The van der Waals surface area contributed by atoms with E-state index in [1.165, 1.54) is 6.07 Å². The van der Waals surface area contributed by atoms with Crippen LogP contribution >= 0.6 is 0 Å². The number of halogens is 2. The van der Waals surface area contributed by atoms with Crippen LogP contribution in [-0.2, 0) is 12.0 Å². The normalized spacial score (nSPS) is 13.3. The number of aromatic nitrogens is 4. The Balaban J connectivity index is 1.66. The third-order valence-corrected chi connectivity index (χ3v) is 4.49. The lowest BCUT2D eigenvalue weighted by Crippen LogP contribution is -2.21. The molecule has 0 saturated heterocycles. The molecule has 0 fully saturated rings. The zero-order chi connectivity index (χ0) is 20.8. The number of fused-ring (bicyclic) bond motifs is 2. The van der Waals surface area contributed by atoms with Crippen LogP contribution in [0.1, 0.15) is 32.2 Å². The van der Waals surface area contributed by atoms with Crippen molar-refractivity contribution in [3.05, 3.63) is 35.7 Å². The summed E-state index contributed by atoms with van der Waals surface area (Å²) in [5.41, 5.74) is 0.926. The summed E-state index contributed by atoms with van der Waals surface area (Å²) in [4.78, 5) is 1.82. The van der Waals surface area contributed by atoms with Crippen LogP contribution in [0.15, 0.2) is 24.3 Å². The molecule has 0 radical (unpaired) electrons. The monoisotopic (exact) mass is 405 g/mol. The van der Waals surface area contributed by atoms with Gasteiger partial charge in [0.25, 0.3) is 0 Å². The maximum absolute atomic E-state index is 12.9. The summed E-state index contributed by atoms with van der Waals surface area (Å²) in [6.45, 7) is 3.46. The van der Waals surface area contributed by atoms with E-state index in [9.17, 15) is 8.78 Å². The summed E-state index contributed by atoms with van der Waals surface area (Å²) >= 11 is 0. The molecule has 0 aliphatic carbocycles. The fourth-order valence-electron chi connectivity index (χ4n) is 3.08. The van der Waals surface area contributed by atoms with E-state index in [1.54, 1.807) is 16.6 Å². The summed E-state index contributed by atoms with van der Waals surface area (Å²) in [7, 11) is 1.81. The molecule has 0 saturated carbocycles. The number of alkyl halides is 2. The van der Waals surface area contributed by atoms with E-state index >= 15 is 0 Å². The van der Waals surface area contributed by atoms with Crippen molar-refractivity contribution in [1.29, 1.82) is 0 Å². The first-order chi connectivity index (χ1) is 13.7. The summed E-state index contributed by atoms with van der Waals surface area (Å²) in [5.74, 6) is 2.27. The Morgan fingerprint density at radius 1 is 1.17 bits per heavy atom. The quantitative estimate of drug-likeness (QED) is 0.644. The van der Waals surface area contributed by atoms with E-state index in [4.69, 9.17) is 9.47 Å². The van der Waals surface area contributed by atoms with Crippen LogP contribution in [-0.4, -0.2) is 40.3 Å². The van der Waals surface area contributed by atoms with Gasteiger partial charge >= 0.3 is 6.61 Å². The van der Waals surface area contributed by atoms with Crippen molar-refractivity contribution in [1.82, 2.24) is 19.8 Å². The van der Waals surface area contributed by atoms with E-state index in [-0.39, 0.29) is 24.5 Å². The molecule has 0 unspecified atom stereocenters. The molecule has 0 atom stereocenters. The standard InChI is InChI=1S/C19H21F2N5O3/c1-19(2,3)17-23-22-15-5-6-16(24-26(15)17)25(4)9-11-7-13-14(28-10-27-13)8-12(11)29-18(20)21/h5-8,18H,9-10H2,1-4H3. The van der Waals surface area contributed by atoms with Gasteiger partial charge in [0, 0.05) is 30.6 Å². The molecule has 4 rings (SSSR count). The highest BCUT2D eigenvalue weighted by Gasteiger charge is 2.23. The minimum atomic E-state index is -2.94. The minimum absolute atomic E-state index is 0.0388. The summed E-state index contributed by atoms with van der Waals surface area (Å²) in [5, 5.41) is 13.0. The maximum atomic E-state index is 12.9. The van der Waals surface area contributed by atoms with Crippen LogP contribution in [0.25, 0.3) is 5.65 Å². The van der Waals surface area contributed by atoms with Gasteiger partial charge in [-0.25, -0.2) is 0 Å². The first kappa shape index (κ1) is 19.2. The van der Waals surface area contributed by atoms with Gasteiger partial charge in [-0.1, -0.05) is 20.8 Å². The number of rotatable bonds is 5. The Hall–Kier alpha value is -3.17. The van der Waals surface area contributed by atoms with Crippen molar-refractivity contribution >= 4 is 11.5 Å². The van der Waals surface area contributed by atoms with E-state index in [1.807, 2.05) is 38.8 Å². The highest BCUT2D eigenvalue weighted by atomic mass is 19.3. The van der Waals surface area contributed by atoms with Gasteiger partial charge in [0.1, 0.15) is 11.6 Å². The largest absolute Gasteiger partial charge is 0.454 e. The molecular formula is C19H21F2N5O3. The van der Waals surface area contributed by atoms with Gasteiger partial charge in [-0.3, -0.25) is 0 Å². The van der Waals surface area contributed by atoms with Crippen molar-refractivity contribution in [3.8, 4) is 17.2 Å². The van der Waals surface area contributed by atoms with Crippen molar-refractivity contribution < 1.29 is 23.0 Å². The van der Waals surface area contributed by atoms with Crippen LogP contribution in [0.5, 0.6) is 17.2 Å². The molecule has 3 heterocycles. The lowest BCUT2D eigenvalue weighted by atomic mass is 9.96. The Labute approximate surface area is 166 Å². The van der Waals surface area contributed by atoms with Crippen LogP contribution in [0, 0.1) is 0 Å². The predicted molar refractivity (Wildman–Crippen MR) is 101 cm³/mol. The second-order valence-corrected chi connectivity index (χ2v) is 7.78. The lowest BCUT2D eigenvalue weighted by molar-refractivity contribution is -0.0505. The van der Waals surface area contributed by atoms with Gasteiger partial charge in [-0.05, 0) is 18.2 Å². The van der Waals surface area contributed by atoms with Crippen molar-refractivity contribution in [2.75, 3.05) is 18.7 Å². The van der Waals surface area contributed by atoms with E-state index < -0.39 is 6.61 Å². The SMILES string of the molecule is CN(Cc1cc2c(cc1OC(F)F)OCO2)c1ccc2nnc(C(C)(C)C)n2n1. The smallest absolute Gasteiger partial charge is 0.387 e. The zero-order valence-electron chi connectivity index (χ0n) is 16.5. The molecule has 0 spiro atoms. The molecule has 3 aromatic rings. The molecule has 0 amide bonds. The topological polar surface area (TPSA) is 74.0 Å². The van der Waals surface area contributed by atoms with Gasteiger partial charge in [-0.15, -0.1) is 15.3 Å². The zero-order valence-corrected chi connectivity index (χ0v) is 16.5. The fourth-order valence-corrected chi connectivity index (χ4v) is 3.08. The van der Waals surface area contributed by atoms with Crippen molar-refractivity contribution in [2.24, 2.45) is 0 Å². The molecule has 10 heteroatoms. The van der Waals surface area contributed by atoms with Crippen LogP contribution in [0.2, 0.25) is 0 Å². The molecule has 0 N–H and O–H groups in total.